The van der Waals surface area contributed by atoms with Crippen molar-refractivity contribution in [3.05, 3.63) is 102 Å². The second-order valence-corrected chi connectivity index (χ2v) is 10.4. The van der Waals surface area contributed by atoms with Crippen LogP contribution in [0.2, 0.25) is 0 Å². The van der Waals surface area contributed by atoms with Gasteiger partial charge in [0.25, 0.3) is 0 Å². The van der Waals surface area contributed by atoms with Crippen LogP contribution in [0.3, 0.4) is 0 Å². The molecule has 1 aliphatic heterocycles. The summed E-state index contributed by atoms with van der Waals surface area (Å²) < 4.78 is 5.83. The van der Waals surface area contributed by atoms with Crippen molar-refractivity contribution in [2.45, 2.75) is 77.8 Å². The molecule has 0 amide bonds. The Hall–Kier alpha value is -3.19. The number of aliphatic hydroxyl groups excluding tert-OH is 3. The van der Waals surface area contributed by atoms with Crippen molar-refractivity contribution < 1.29 is 30.0 Å². The summed E-state index contributed by atoms with van der Waals surface area (Å²) in [5.41, 5.74) is 1.77. The van der Waals surface area contributed by atoms with Crippen molar-refractivity contribution in [3.8, 4) is 5.75 Å². The van der Waals surface area contributed by atoms with Crippen molar-refractivity contribution in [3.63, 3.8) is 0 Å². The van der Waals surface area contributed by atoms with Crippen LogP contribution >= 0.6 is 0 Å². The lowest BCUT2D eigenvalue weighted by Crippen LogP contribution is -2.33. The normalized spacial score (nSPS) is 31.9. The molecule has 0 saturated heterocycles. The Morgan fingerprint density at radius 2 is 1.69 bits per heavy atom. The second kappa shape index (κ2) is 16.7. The Kier molecular flexibility index (Phi) is 13.7. The summed E-state index contributed by atoms with van der Waals surface area (Å²) in [5, 5.41) is 42.1. The van der Waals surface area contributed by atoms with Gasteiger partial charge in [0.05, 0.1) is 18.3 Å². The lowest BCUT2D eigenvalue weighted by molar-refractivity contribution is -0.151. The van der Waals surface area contributed by atoms with Crippen molar-refractivity contribution in [1.82, 2.24) is 0 Å². The minimum Gasteiger partial charge on any atom is -0.508 e. The molecular weight excluding hydrogens is 492 g/mol. The average molecular weight is 537 g/mol. The van der Waals surface area contributed by atoms with Gasteiger partial charge in [0, 0.05) is 17.9 Å². The molecule has 6 nitrogen and oxygen atoms in total. The first-order valence-corrected chi connectivity index (χ1v) is 13.6. The zero-order chi connectivity index (χ0) is 28.8. The molecule has 0 aromatic heterocycles. The number of allylic oxidation sites excluding steroid dienone is 9. The SMILES string of the molecule is C\C1=C/C=C\C=C\C=C\C[C@@H](O)/C(C)=C/C=C/[C@H](C)CC[C@H](O)C[C@@H]([C@@H](C)[C@@H](O)c2cccc(O)c2)OC1=O. The number of benzene rings is 1. The summed E-state index contributed by atoms with van der Waals surface area (Å²) in [5.74, 6) is -0.830. The van der Waals surface area contributed by atoms with Crippen molar-refractivity contribution in [2.24, 2.45) is 11.8 Å². The molecule has 1 aromatic carbocycles. The minimum absolute atomic E-state index is 0.0370. The number of rotatable bonds is 3. The van der Waals surface area contributed by atoms with Crippen LogP contribution in [0.15, 0.2) is 96.2 Å². The van der Waals surface area contributed by atoms with E-state index in [-0.39, 0.29) is 18.1 Å². The molecule has 6 heteroatoms. The van der Waals surface area contributed by atoms with Gasteiger partial charge < -0.3 is 25.2 Å². The van der Waals surface area contributed by atoms with Crippen LogP contribution in [0.5, 0.6) is 5.75 Å². The predicted molar refractivity (Wildman–Crippen MR) is 156 cm³/mol. The molecule has 1 heterocycles. The van der Waals surface area contributed by atoms with Gasteiger partial charge in [-0.05, 0) is 62.3 Å². The highest BCUT2D eigenvalue weighted by Crippen LogP contribution is 2.31. The highest BCUT2D eigenvalue weighted by atomic mass is 16.5. The van der Waals surface area contributed by atoms with Gasteiger partial charge in [0.15, 0.2) is 0 Å². The van der Waals surface area contributed by atoms with Crippen LogP contribution in [-0.2, 0) is 9.53 Å². The van der Waals surface area contributed by atoms with Crippen LogP contribution < -0.4 is 0 Å². The summed E-state index contributed by atoms with van der Waals surface area (Å²) in [6, 6.07) is 6.36. The maximum atomic E-state index is 12.9. The summed E-state index contributed by atoms with van der Waals surface area (Å²) in [4.78, 5) is 12.9. The molecule has 4 N–H and O–H groups in total. The summed E-state index contributed by atoms with van der Waals surface area (Å²) in [6.07, 6.45) is 17.3. The van der Waals surface area contributed by atoms with Gasteiger partial charge in [0.2, 0.25) is 0 Å². The van der Waals surface area contributed by atoms with Gasteiger partial charge >= 0.3 is 5.97 Å². The fourth-order valence-electron chi connectivity index (χ4n) is 4.19. The fourth-order valence-corrected chi connectivity index (χ4v) is 4.19. The van der Waals surface area contributed by atoms with E-state index in [0.29, 0.717) is 24.0 Å². The van der Waals surface area contributed by atoms with E-state index >= 15 is 0 Å². The van der Waals surface area contributed by atoms with Gasteiger partial charge in [0.1, 0.15) is 11.9 Å². The van der Waals surface area contributed by atoms with Crippen molar-refractivity contribution in [1.29, 1.82) is 0 Å². The number of carbonyl (C=O) groups is 1. The number of aromatic hydroxyl groups is 1. The average Bonchev–Trinajstić information content (AvgIpc) is 2.91. The van der Waals surface area contributed by atoms with E-state index < -0.39 is 36.3 Å². The highest BCUT2D eigenvalue weighted by Gasteiger charge is 2.31. The Bertz CT molecular complexity index is 1090. The van der Waals surface area contributed by atoms with E-state index in [1.807, 2.05) is 49.5 Å². The minimum atomic E-state index is -1.00. The summed E-state index contributed by atoms with van der Waals surface area (Å²) >= 11 is 0. The van der Waals surface area contributed by atoms with Gasteiger partial charge in [-0.15, -0.1) is 0 Å². The maximum absolute atomic E-state index is 12.9. The van der Waals surface area contributed by atoms with E-state index in [1.54, 1.807) is 44.2 Å². The van der Waals surface area contributed by atoms with E-state index in [0.717, 1.165) is 12.0 Å². The van der Waals surface area contributed by atoms with Gasteiger partial charge in [-0.25, -0.2) is 4.79 Å². The summed E-state index contributed by atoms with van der Waals surface area (Å²) in [6.45, 7) is 7.39. The molecule has 212 valence electrons. The van der Waals surface area contributed by atoms with E-state index in [2.05, 4.69) is 6.92 Å². The zero-order valence-electron chi connectivity index (χ0n) is 23.5. The molecule has 0 aliphatic carbocycles. The first-order valence-electron chi connectivity index (χ1n) is 13.6. The lowest BCUT2D eigenvalue weighted by Gasteiger charge is -2.30. The number of phenols is 1. The van der Waals surface area contributed by atoms with Crippen LogP contribution in [0.25, 0.3) is 0 Å². The third-order valence-corrected chi connectivity index (χ3v) is 6.95. The highest BCUT2D eigenvalue weighted by molar-refractivity contribution is 5.88. The van der Waals surface area contributed by atoms with Crippen LogP contribution in [0.1, 0.15) is 65.0 Å². The molecule has 39 heavy (non-hydrogen) atoms. The van der Waals surface area contributed by atoms with Gasteiger partial charge in [-0.1, -0.05) is 86.7 Å². The lowest BCUT2D eigenvalue weighted by atomic mass is 9.88. The third kappa shape index (κ3) is 11.6. The van der Waals surface area contributed by atoms with Crippen LogP contribution in [0.4, 0.5) is 0 Å². The van der Waals surface area contributed by atoms with Crippen LogP contribution in [0, 0.1) is 11.8 Å². The predicted octanol–water partition coefficient (Wildman–Crippen LogP) is 6.02. The molecule has 0 fully saturated rings. The monoisotopic (exact) mass is 536 g/mol. The molecule has 0 spiro atoms. The van der Waals surface area contributed by atoms with E-state index in [9.17, 15) is 25.2 Å². The number of hydrogen-bond acceptors (Lipinski definition) is 6. The Balaban J connectivity index is 2.28. The quantitative estimate of drug-likeness (QED) is 0.352. The molecule has 0 radical (unpaired) electrons. The second-order valence-electron chi connectivity index (χ2n) is 10.4. The first kappa shape index (κ1) is 32.0. The zero-order valence-corrected chi connectivity index (χ0v) is 23.5. The number of cyclic esters (lactones) is 1. The molecule has 6 atom stereocenters. The number of ether oxygens (including phenoxy) is 1. The van der Waals surface area contributed by atoms with Gasteiger partial charge in [-0.3, -0.25) is 0 Å². The topological polar surface area (TPSA) is 107 Å². The Morgan fingerprint density at radius 3 is 2.44 bits per heavy atom. The van der Waals surface area contributed by atoms with E-state index in [1.165, 1.54) is 12.1 Å². The largest absolute Gasteiger partial charge is 0.508 e. The number of phenolic OH excluding ortho intramolecular Hbond substituents is 1. The third-order valence-electron chi connectivity index (χ3n) is 6.95. The smallest absolute Gasteiger partial charge is 0.333 e. The maximum Gasteiger partial charge on any atom is 0.333 e. The Labute approximate surface area is 233 Å². The molecule has 1 aliphatic rings. The van der Waals surface area contributed by atoms with Crippen LogP contribution in [-0.4, -0.2) is 44.7 Å². The van der Waals surface area contributed by atoms with E-state index in [4.69, 9.17) is 4.74 Å². The Morgan fingerprint density at radius 1 is 0.974 bits per heavy atom. The molecule has 0 unspecified atom stereocenters. The molecule has 0 bridgehead atoms. The molecule has 2 rings (SSSR count). The number of carbonyl (C=O) groups excluding carboxylic acids is 1. The summed E-state index contributed by atoms with van der Waals surface area (Å²) in [7, 11) is 0. The molecular formula is C33H44O6. The van der Waals surface area contributed by atoms with Crippen molar-refractivity contribution in [2.75, 3.05) is 0 Å². The fraction of sp³-hybridized carbons (Fsp3) is 0.424. The van der Waals surface area contributed by atoms with Gasteiger partial charge in [-0.2, -0.15) is 0 Å². The number of esters is 1. The number of aliphatic hydroxyl groups is 3. The standard InChI is InChI=1S/C33H44O6/c1-23-13-11-15-24(2)30(36)18-10-8-6-5-7-9-14-25(3)33(38)39-31(22-29(35)20-19-23)26(4)32(37)27-16-12-17-28(34)21-27/h5-17,21,23,26,29-32,34-37H,18-20,22H2,1-4H3/b6-5+,9-7-,10-8+,13-11+,24-15+,25-14+/t23-,26+,29-,30+,31-,32+/m0/s1. The molecule has 1 aromatic rings. The first-order chi connectivity index (χ1) is 18.6. The number of hydrogen-bond donors (Lipinski definition) is 4. The molecule has 0 saturated carbocycles. The van der Waals surface area contributed by atoms with Crippen molar-refractivity contribution >= 4 is 5.97 Å².